The van der Waals surface area contributed by atoms with Gasteiger partial charge in [0, 0.05) is 19.4 Å². The molecule has 1 aromatic heterocycles. The van der Waals surface area contributed by atoms with E-state index in [9.17, 15) is 4.79 Å². The first kappa shape index (κ1) is 11.2. The zero-order chi connectivity index (χ0) is 12.4. The van der Waals surface area contributed by atoms with Crippen molar-refractivity contribution >= 4 is 11.5 Å². The monoisotopic (exact) mass is 231 g/mol. The van der Waals surface area contributed by atoms with Gasteiger partial charge in [-0.2, -0.15) is 0 Å². The van der Waals surface area contributed by atoms with E-state index in [2.05, 4.69) is 4.98 Å². The number of aryl methyl sites for hydroxylation is 1. The normalized spacial score (nSPS) is 10.2. The van der Waals surface area contributed by atoms with Gasteiger partial charge in [0.05, 0.1) is 18.4 Å². The molecule has 5 heteroatoms. The fourth-order valence-electron chi connectivity index (χ4n) is 1.67. The third kappa shape index (κ3) is 1.87. The standard InChI is InChI=1S/C12H13N3O2/c1-15-7-6-14-12(15)10(16)8-4-3-5-9(13)11(8)17-2/h3-7H,13H2,1-2H3. The van der Waals surface area contributed by atoms with Crippen LogP contribution in [-0.4, -0.2) is 22.4 Å². The number of anilines is 1. The van der Waals surface area contributed by atoms with Gasteiger partial charge in [0.1, 0.15) is 0 Å². The van der Waals surface area contributed by atoms with Crippen molar-refractivity contribution in [2.75, 3.05) is 12.8 Å². The van der Waals surface area contributed by atoms with Crippen molar-refractivity contribution < 1.29 is 9.53 Å². The van der Waals surface area contributed by atoms with Crippen LogP contribution in [0, 0.1) is 0 Å². The number of nitrogen functional groups attached to an aromatic ring is 1. The van der Waals surface area contributed by atoms with E-state index in [1.807, 2.05) is 0 Å². The minimum absolute atomic E-state index is 0.207. The second kappa shape index (κ2) is 4.29. The number of hydrogen-bond acceptors (Lipinski definition) is 4. The first-order valence-electron chi connectivity index (χ1n) is 5.09. The number of carbonyl (C=O) groups excluding carboxylic acids is 1. The lowest BCUT2D eigenvalue weighted by Gasteiger charge is -2.09. The molecule has 0 amide bonds. The number of nitrogens with two attached hydrogens (primary N) is 1. The summed E-state index contributed by atoms with van der Waals surface area (Å²) in [5.74, 6) is 0.538. The predicted molar refractivity (Wildman–Crippen MR) is 64.0 cm³/mol. The summed E-state index contributed by atoms with van der Waals surface area (Å²) in [7, 11) is 3.25. The summed E-state index contributed by atoms with van der Waals surface area (Å²) >= 11 is 0. The fourth-order valence-corrected chi connectivity index (χ4v) is 1.67. The largest absolute Gasteiger partial charge is 0.494 e. The SMILES string of the molecule is COc1c(N)cccc1C(=O)c1nccn1C. The van der Waals surface area contributed by atoms with Crippen molar-refractivity contribution in [1.82, 2.24) is 9.55 Å². The second-order valence-corrected chi connectivity index (χ2v) is 3.62. The highest BCUT2D eigenvalue weighted by atomic mass is 16.5. The number of rotatable bonds is 3. The molecular weight excluding hydrogens is 218 g/mol. The maximum absolute atomic E-state index is 12.2. The first-order chi connectivity index (χ1) is 8.15. The minimum Gasteiger partial charge on any atom is -0.494 e. The number of methoxy groups -OCH3 is 1. The van der Waals surface area contributed by atoms with Crippen molar-refractivity contribution in [2.45, 2.75) is 0 Å². The number of para-hydroxylation sites is 1. The lowest BCUT2D eigenvalue weighted by Crippen LogP contribution is -2.11. The Morgan fingerprint density at radius 1 is 1.47 bits per heavy atom. The number of hydrogen-bond donors (Lipinski definition) is 1. The van der Waals surface area contributed by atoms with Crippen LogP contribution in [0.25, 0.3) is 0 Å². The number of aromatic nitrogens is 2. The number of carbonyl (C=O) groups is 1. The van der Waals surface area contributed by atoms with Crippen LogP contribution in [-0.2, 0) is 7.05 Å². The van der Waals surface area contributed by atoms with E-state index in [4.69, 9.17) is 10.5 Å². The van der Waals surface area contributed by atoms with Crippen LogP contribution < -0.4 is 10.5 Å². The molecule has 0 bridgehead atoms. The Balaban J connectivity index is 2.52. The second-order valence-electron chi connectivity index (χ2n) is 3.62. The van der Waals surface area contributed by atoms with Crippen LogP contribution in [0.1, 0.15) is 16.2 Å². The molecule has 2 aromatic rings. The molecule has 88 valence electrons. The molecule has 0 atom stereocenters. The van der Waals surface area contributed by atoms with Crippen molar-refractivity contribution in [3.8, 4) is 5.75 Å². The first-order valence-corrected chi connectivity index (χ1v) is 5.09. The number of ketones is 1. The molecule has 2 N–H and O–H groups in total. The number of nitrogens with zero attached hydrogens (tertiary/aromatic N) is 2. The molecule has 0 saturated carbocycles. The van der Waals surface area contributed by atoms with E-state index in [1.54, 1.807) is 42.2 Å². The summed E-state index contributed by atoms with van der Waals surface area (Å²) in [6.07, 6.45) is 3.29. The van der Waals surface area contributed by atoms with Gasteiger partial charge >= 0.3 is 0 Å². The van der Waals surface area contributed by atoms with Crippen LogP contribution in [0.3, 0.4) is 0 Å². The van der Waals surface area contributed by atoms with Gasteiger partial charge in [0.25, 0.3) is 0 Å². The molecule has 0 aliphatic heterocycles. The van der Waals surface area contributed by atoms with Gasteiger partial charge in [-0.05, 0) is 12.1 Å². The molecule has 0 aliphatic carbocycles. The average molecular weight is 231 g/mol. The van der Waals surface area contributed by atoms with Gasteiger partial charge in [0.15, 0.2) is 11.6 Å². The Hall–Kier alpha value is -2.30. The molecule has 0 saturated heterocycles. The van der Waals surface area contributed by atoms with Crippen LogP contribution >= 0.6 is 0 Å². The maximum atomic E-state index is 12.2. The van der Waals surface area contributed by atoms with Gasteiger partial charge in [-0.1, -0.05) is 6.07 Å². The molecule has 1 aromatic carbocycles. The topological polar surface area (TPSA) is 70.1 Å². The van der Waals surface area contributed by atoms with Gasteiger partial charge < -0.3 is 15.0 Å². The molecule has 0 unspecified atom stereocenters. The summed E-state index contributed by atoms with van der Waals surface area (Å²) in [4.78, 5) is 16.3. The lowest BCUT2D eigenvalue weighted by atomic mass is 10.1. The fraction of sp³-hybridized carbons (Fsp3) is 0.167. The maximum Gasteiger partial charge on any atom is 0.232 e. The van der Waals surface area contributed by atoms with Gasteiger partial charge in [-0.15, -0.1) is 0 Å². The summed E-state index contributed by atoms with van der Waals surface area (Å²) < 4.78 is 6.81. The van der Waals surface area contributed by atoms with Gasteiger partial charge in [-0.25, -0.2) is 4.98 Å². The Morgan fingerprint density at radius 3 is 2.82 bits per heavy atom. The smallest absolute Gasteiger partial charge is 0.232 e. The molecule has 0 radical (unpaired) electrons. The zero-order valence-electron chi connectivity index (χ0n) is 9.68. The van der Waals surface area contributed by atoms with Crippen LogP contribution in [0.15, 0.2) is 30.6 Å². The third-order valence-electron chi connectivity index (χ3n) is 2.52. The van der Waals surface area contributed by atoms with Crippen molar-refractivity contribution in [3.05, 3.63) is 42.0 Å². The summed E-state index contributed by atoms with van der Waals surface area (Å²) in [6.45, 7) is 0. The molecule has 17 heavy (non-hydrogen) atoms. The summed E-state index contributed by atoms with van der Waals surface area (Å²) in [5.41, 5.74) is 6.61. The van der Waals surface area contributed by atoms with E-state index < -0.39 is 0 Å². The number of benzene rings is 1. The highest BCUT2D eigenvalue weighted by Gasteiger charge is 2.19. The molecule has 0 aliphatic rings. The van der Waals surface area contributed by atoms with Gasteiger partial charge in [-0.3, -0.25) is 4.79 Å². The Labute approximate surface area is 98.8 Å². The zero-order valence-corrected chi connectivity index (χ0v) is 9.68. The van der Waals surface area contributed by atoms with E-state index in [0.717, 1.165) is 0 Å². The van der Waals surface area contributed by atoms with Crippen LogP contribution in [0.5, 0.6) is 5.75 Å². The summed E-state index contributed by atoms with van der Waals surface area (Å²) in [5, 5.41) is 0. The number of imidazole rings is 1. The van der Waals surface area contributed by atoms with E-state index >= 15 is 0 Å². The molecular formula is C12H13N3O2. The van der Waals surface area contributed by atoms with Crippen molar-refractivity contribution in [3.63, 3.8) is 0 Å². The van der Waals surface area contributed by atoms with E-state index in [1.165, 1.54) is 7.11 Å². The third-order valence-corrected chi connectivity index (χ3v) is 2.52. The number of ether oxygens (including phenoxy) is 1. The molecule has 1 heterocycles. The Morgan fingerprint density at radius 2 is 2.24 bits per heavy atom. The van der Waals surface area contributed by atoms with Crippen molar-refractivity contribution in [1.29, 1.82) is 0 Å². The molecule has 5 nitrogen and oxygen atoms in total. The van der Waals surface area contributed by atoms with Crippen LogP contribution in [0.2, 0.25) is 0 Å². The Bertz CT molecular complexity index is 561. The average Bonchev–Trinajstić information content (AvgIpc) is 2.74. The lowest BCUT2D eigenvalue weighted by molar-refractivity contribution is 0.102. The minimum atomic E-state index is -0.207. The van der Waals surface area contributed by atoms with E-state index in [-0.39, 0.29) is 5.78 Å². The van der Waals surface area contributed by atoms with Crippen molar-refractivity contribution in [2.24, 2.45) is 7.05 Å². The van der Waals surface area contributed by atoms with Crippen LogP contribution in [0.4, 0.5) is 5.69 Å². The molecule has 2 rings (SSSR count). The molecule has 0 fully saturated rings. The summed E-state index contributed by atoms with van der Waals surface area (Å²) in [6, 6.07) is 5.08. The predicted octanol–water partition coefficient (Wildman–Crippen LogP) is 1.24. The highest BCUT2D eigenvalue weighted by Crippen LogP contribution is 2.27. The van der Waals surface area contributed by atoms with E-state index in [0.29, 0.717) is 22.8 Å². The Kier molecular flexibility index (Phi) is 2.82. The quantitative estimate of drug-likeness (QED) is 0.637. The molecule has 0 spiro atoms. The highest BCUT2D eigenvalue weighted by molar-refractivity contribution is 6.09. The van der Waals surface area contributed by atoms with Gasteiger partial charge in [0.2, 0.25) is 5.78 Å².